The van der Waals surface area contributed by atoms with E-state index in [-0.39, 0.29) is 18.9 Å². The maximum atomic E-state index is 12.8. The van der Waals surface area contributed by atoms with Crippen molar-refractivity contribution in [3.8, 4) is 0 Å². The smallest absolute Gasteiger partial charge is 0.338 e. The van der Waals surface area contributed by atoms with Gasteiger partial charge in [-0.05, 0) is 59.7 Å². The van der Waals surface area contributed by atoms with Crippen molar-refractivity contribution in [2.75, 3.05) is 6.61 Å². The lowest BCUT2D eigenvalue weighted by Gasteiger charge is -2.38. The molecule has 0 aliphatic rings. The summed E-state index contributed by atoms with van der Waals surface area (Å²) in [7, 11) is 0. The molecule has 4 aromatic carbocycles. The second-order valence-electron chi connectivity index (χ2n) is 9.92. The molecule has 1 N–H and O–H groups in total. The van der Waals surface area contributed by atoms with Gasteiger partial charge in [0.15, 0.2) is 0 Å². The van der Waals surface area contributed by atoms with Gasteiger partial charge in [0.05, 0.1) is 18.6 Å². The molecule has 0 radical (unpaired) electrons. The summed E-state index contributed by atoms with van der Waals surface area (Å²) in [4.78, 5) is 24.7. The van der Waals surface area contributed by atoms with Crippen LogP contribution >= 0.6 is 11.6 Å². The van der Waals surface area contributed by atoms with Crippen LogP contribution in [0.2, 0.25) is 5.02 Å². The van der Waals surface area contributed by atoms with Crippen LogP contribution in [0.4, 0.5) is 0 Å². The van der Waals surface area contributed by atoms with Crippen LogP contribution in [-0.2, 0) is 19.9 Å². The molecule has 0 fully saturated rings. The van der Waals surface area contributed by atoms with Crippen molar-refractivity contribution in [2.24, 2.45) is 11.8 Å². The van der Waals surface area contributed by atoms with E-state index < -0.39 is 29.6 Å². The fraction of sp³-hybridized carbons (Fsp3) is 0.235. The van der Waals surface area contributed by atoms with Crippen molar-refractivity contribution in [3.63, 3.8) is 0 Å². The number of hydrogen-bond acceptors (Lipinski definition) is 4. The van der Waals surface area contributed by atoms with Crippen molar-refractivity contribution in [2.45, 2.75) is 32.0 Å². The zero-order chi connectivity index (χ0) is 28.5. The van der Waals surface area contributed by atoms with Crippen LogP contribution in [0.15, 0.2) is 115 Å². The number of halogens is 1. The van der Waals surface area contributed by atoms with Gasteiger partial charge >= 0.3 is 11.9 Å². The Hall–Kier alpha value is -3.93. The first-order chi connectivity index (χ1) is 19.3. The highest BCUT2D eigenvalue weighted by Gasteiger charge is 2.39. The average molecular weight is 557 g/mol. The zero-order valence-electron chi connectivity index (χ0n) is 22.6. The molecule has 0 heterocycles. The molecule has 0 unspecified atom stereocenters. The predicted molar refractivity (Wildman–Crippen MR) is 156 cm³/mol. The Kier molecular flexibility index (Phi) is 9.75. The number of ether oxygens (including phenoxy) is 2. The highest BCUT2D eigenvalue weighted by Crippen LogP contribution is 2.41. The minimum atomic E-state index is -0.983. The van der Waals surface area contributed by atoms with Crippen molar-refractivity contribution in [1.82, 2.24) is 0 Å². The van der Waals surface area contributed by atoms with Crippen molar-refractivity contribution in [1.29, 1.82) is 0 Å². The fourth-order valence-electron chi connectivity index (χ4n) is 4.93. The summed E-state index contributed by atoms with van der Waals surface area (Å²) in [5, 5.41) is 10.3. The first-order valence-electron chi connectivity index (χ1n) is 13.3. The maximum absolute atomic E-state index is 12.8. The molecular weight excluding hydrogens is 524 g/mol. The largest absolute Gasteiger partial charge is 0.481 e. The van der Waals surface area contributed by atoms with Gasteiger partial charge in [0, 0.05) is 5.02 Å². The summed E-state index contributed by atoms with van der Waals surface area (Å²) in [5.41, 5.74) is 2.18. The zero-order valence-corrected chi connectivity index (χ0v) is 23.3. The lowest BCUT2D eigenvalue weighted by molar-refractivity contribution is -0.140. The van der Waals surface area contributed by atoms with Gasteiger partial charge in [-0.3, -0.25) is 4.79 Å². The minimum absolute atomic E-state index is 0.120. The molecule has 3 atom stereocenters. The van der Waals surface area contributed by atoms with Crippen LogP contribution < -0.4 is 0 Å². The van der Waals surface area contributed by atoms with E-state index in [1.165, 1.54) is 0 Å². The van der Waals surface area contributed by atoms with Crippen LogP contribution in [0.25, 0.3) is 0 Å². The number of benzene rings is 4. The minimum Gasteiger partial charge on any atom is -0.481 e. The predicted octanol–water partition coefficient (Wildman–Crippen LogP) is 7.62. The number of carboxylic acid groups (broad SMARTS) is 1. The molecule has 0 aromatic heterocycles. The first-order valence-corrected chi connectivity index (χ1v) is 13.7. The average Bonchev–Trinajstić information content (AvgIpc) is 2.98. The highest BCUT2D eigenvalue weighted by atomic mass is 35.5. The SMILES string of the molecule is C[C@H]([C@H](COC(c1ccccc1)(c1ccccc1)c1ccccc1)CC(=O)O)[C@@H](C)OC(=O)c1ccc(Cl)cc1. The maximum Gasteiger partial charge on any atom is 0.338 e. The summed E-state index contributed by atoms with van der Waals surface area (Å²) >= 11 is 5.95. The van der Waals surface area contributed by atoms with Gasteiger partial charge in [-0.1, -0.05) is 110 Å². The number of aliphatic carboxylic acids is 1. The second-order valence-corrected chi connectivity index (χ2v) is 10.4. The Morgan fingerprint density at radius 3 is 1.62 bits per heavy atom. The third kappa shape index (κ3) is 6.79. The van der Waals surface area contributed by atoms with Crippen LogP contribution in [0.1, 0.15) is 47.3 Å². The molecule has 0 bridgehead atoms. The van der Waals surface area contributed by atoms with E-state index in [1.54, 1.807) is 31.2 Å². The summed E-state index contributed by atoms with van der Waals surface area (Å²) in [6.45, 7) is 3.80. The van der Waals surface area contributed by atoms with E-state index in [2.05, 4.69) is 0 Å². The van der Waals surface area contributed by atoms with E-state index in [9.17, 15) is 14.7 Å². The van der Waals surface area contributed by atoms with E-state index in [1.807, 2.05) is 97.9 Å². The molecule has 0 spiro atoms. The Morgan fingerprint density at radius 2 is 1.20 bits per heavy atom. The van der Waals surface area contributed by atoms with E-state index in [4.69, 9.17) is 21.1 Å². The number of carboxylic acids is 1. The lowest BCUT2D eigenvalue weighted by Crippen LogP contribution is -2.38. The number of carbonyl (C=O) groups excluding carboxylic acids is 1. The quantitative estimate of drug-likeness (QED) is 0.143. The summed E-state index contributed by atoms with van der Waals surface area (Å²) in [5.74, 6) is -2.19. The van der Waals surface area contributed by atoms with Gasteiger partial charge in [-0.15, -0.1) is 0 Å². The molecule has 4 aromatic rings. The van der Waals surface area contributed by atoms with Crippen LogP contribution in [0.3, 0.4) is 0 Å². The van der Waals surface area contributed by atoms with E-state index in [0.717, 1.165) is 16.7 Å². The van der Waals surface area contributed by atoms with Crippen molar-refractivity contribution >= 4 is 23.5 Å². The molecule has 6 heteroatoms. The molecule has 5 nitrogen and oxygen atoms in total. The molecule has 0 saturated heterocycles. The van der Waals surface area contributed by atoms with Crippen LogP contribution in [0.5, 0.6) is 0 Å². The standard InChI is InChI=1S/C34H33ClO5/c1-24(25(2)40-33(38)26-18-20-31(35)21-19-26)27(22-32(36)37)23-39-34(28-12-6-3-7-13-28,29-14-8-4-9-15-29)30-16-10-5-11-17-30/h3-21,24-25,27H,22-23H2,1-2H3,(H,36,37)/t24-,25+,27-/m0/s1. The van der Waals surface area contributed by atoms with Gasteiger partial charge in [0.2, 0.25) is 0 Å². The van der Waals surface area contributed by atoms with Crippen molar-refractivity contribution < 1.29 is 24.2 Å². The van der Waals surface area contributed by atoms with Gasteiger partial charge in [-0.25, -0.2) is 4.79 Å². The monoisotopic (exact) mass is 556 g/mol. The molecule has 40 heavy (non-hydrogen) atoms. The molecule has 206 valence electrons. The van der Waals surface area contributed by atoms with Gasteiger partial charge < -0.3 is 14.6 Å². The topological polar surface area (TPSA) is 72.8 Å². The molecule has 0 amide bonds. The Bertz CT molecular complexity index is 1280. The second kappa shape index (κ2) is 13.4. The number of esters is 1. The number of rotatable bonds is 12. The Labute approximate surface area is 240 Å². The van der Waals surface area contributed by atoms with Crippen LogP contribution in [0, 0.1) is 11.8 Å². The summed E-state index contributed by atoms with van der Waals surface area (Å²) in [6, 6.07) is 36.3. The van der Waals surface area contributed by atoms with Crippen LogP contribution in [-0.4, -0.2) is 29.8 Å². The fourth-order valence-corrected chi connectivity index (χ4v) is 5.06. The van der Waals surface area contributed by atoms with E-state index >= 15 is 0 Å². The van der Waals surface area contributed by atoms with Gasteiger partial charge in [-0.2, -0.15) is 0 Å². The lowest BCUT2D eigenvalue weighted by atomic mass is 9.79. The molecule has 0 aliphatic carbocycles. The molecule has 4 rings (SSSR count). The summed E-state index contributed by atoms with van der Waals surface area (Å²) in [6.07, 6.45) is -0.700. The third-order valence-corrected chi connectivity index (χ3v) is 7.60. The van der Waals surface area contributed by atoms with Gasteiger partial charge in [0.1, 0.15) is 11.7 Å². The van der Waals surface area contributed by atoms with Gasteiger partial charge in [0.25, 0.3) is 0 Å². The van der Waals surface area contributed by atoms with E-state index in [0.29, 0.717) is 10.6 Å². The molecule has 0 saturated carbocycles. The Balaban J connectivity index is 1.66. The third-order valence-electron chi connectivity index (χ3n) is 7.35. The number of hydrogen-bond donors (Lipinski definition) is 1. The molecular formula is C34H33ClO5. The summed E-state index contributed by atoms with van der Waals surface area (Å²) < 4.78 is 12.7. The highest BCUT2D eigenvalue weighted by molar-refractivity contribution is 6.30. The molecule has 0 aliphatic heterocycles. The van der Waals surface area contributed by atoms with Crippen molar-refractivity contribution in [3.05, 3.63) is 143 Å². The number of carbonyl (C=O) groups is 2. The normalized spacial score (nSPS) is 13.7. The Morgan fingerprint density at radius 1 is 0.750 bits per heavy atom. The first kappa shape index (κ1) is 29.1.